The average molecular weight is 300 g/mol. The molecule has 0 amide bonds. The molecule has 1 saturated carbocycles. The summed E-state index contributed by atoms with van der Waals surface area (Å²) >= 11 is 0. The Bertz CT molecular complexity index is 707. The smallest absolute Gasteiger partial charge is 0.0286 e. The lowest BCUT2D eigenvalue weighted by Gasteiger charge is -2.25. The Morgan fingerprint density at radius 2 is 1.70 bits per heavy atom. The zero-order valence-electron chi connectivity index (χ0n) is 13.7. The Morgan fingerprint density at radius 1 is 0.913 bits per heavy atom. The number of hydrogen-bond acceptors (Lipinski definition) is 0. The summed E-state index contributed by atoms with van der Waals surface area (Å²) in [4.78, 5) is 0. The summed E-state index contributed by atoms with van der Waals surface area (Å²) in [7, 11) is 0. The summed E-state index contributed by atoms with van der Waals surface area (Å²) in [5.41, 5.74) is 5.18. The van der Waals surface area contributed by atoms with Crippen LogP contribution in [0.5, 0.6) is 0 Å². The van der Waals surface area contributed by atoms with Crippen LogP contribution in [0.3, 0.4) is 0 Å². The third kappa shape index (κ3) is 3.93. The van der Waals surface area contributed by atoms with Crippen LogP contribution in [0.1, 0.15) is 60.3 Å². The lowest BCUT2D eigenvalue weighted by Crippen LogP contribution is -2.09. The second-order valence-electron chi connectivity index (χ2n) is 6.32. The van der Waals surface area contributed by atoms with Gasteiger partial charge in [0, 0.05) is 11.1 Å². The quantitative estimate of drug-likeness (QED) is 0.492. The predicted molar refractivity (Wildman–Crippen MR) is 98.6 cm³/mol. The monoisotopic (exact) mass is 300 g/mol. The lowest BCUT2D eigenvalue weighted by molar-refractivity contribution is 0.441. The van der Waals surface area contributed by atoms with E-state index < -0.39 is 0 Å². The molecule has 0 unspecified atom stereocenters. The van der Waals surface area contributed by atoms with Gasteiger partial charge in [-0.05, 0) is 54.5 Å². The van der Waals surface area contributed by atoms with Gasteiger partial charge in [0.05, 0.1) is 0 Å². The van der Waals surface area contributed by atoms with Crippen LogP contribution in [-0.4, -0.2) is 0 Å². The van der Waals surface area contributed by atoms with Crippen LogP contribution >= 0.6 is 0 Å². The molecule has 0 radical (unpaired) electrons. The normalized spacial score (nSPS) is 14.8. The summed E-state index contributed by atoms with van der Waals surface area (Å²) in [6.45, 7) is 3.93. The molecule has 0 aliphatic heterocycles. The summed E-state index contributed by atoms with van der Waals surface area (Å²) in [6, 6.07) is 16.8. The summed E-state index contributed by atoms with van der Waals surface area (Å²) in [6.07, 6.45) is 9.62. The fourth-order valence-corrected chi connectivity index (χ4v) is 3.59. The molecule has 1 fully saturated rings. The molecule has 3 rings (SSSR count). The minimum Gasteiger partial charge on any atom is -0.103 e. The van der Waals surface area contributed by atoms with Crippen molar-refractivity contribution in [2.45, 2.75) is 44.4 Å². The van der Waals surface area contributed by atoms with Crippen molar-refractivity contribution in [3.05, 3.63) is 83.4 Å². The molecule has 1 aliphatic carbocycles. The van der Waals surface area contributed by atoms with Crippen molar-refractivity contribution in [2.24, 2.45) is 0 Å². The number of allylic oxidation sites excluding steroid dienone is 1. The second kappa shape index (κ2) is 7.84. The summed E-state index contributed by atoms with van der Waals surface area (Å²) in [5.74, 6) is 7.44. The van der Waals surface area contributed by atoms with Crippen molar-refractivity contribution in [3.63, 3.8) is 0 Å². The predicted octanol–water partition coefficient (Wildman–Crippen LogP) is 5.86. The van der Waals surface area contributed by atoms with Crippen LogP contribution < -0.4 is 0 Å². The van der Waals surface area contributed by atoms with E-state index in [1.54, 1.807) is 0 Å². The highest BCUT2D eigenvalue weighted by atomic mass is 14.2. The van der Waals surface area contributed by atoms with E-state index in [0.717, 1.165) is 12.0 Å². The molecule has 1 aliphatic rings. The van der Waals surface area contributed by atoms with Gasteiger partial charge in [0.15, 0.2) is 0 Å². The minimum atomic E-state index is 0.667. The maximum atomic E-state index is 3.93. The van der Waals surface area contributed by atoms with E-state index in [0.29, 0.717) is 5.92 Å². The molecule has 0 heterocycles. The molecule has 0 aromatic heterocycles. The van der Waals surface area contributed by atoms with Crippen molar-refractivity contribution in [3.8, 4) is 11.8 Å². The molecule has 2 aromatic carbocycles. The topological polar surface area (TPSA) is 0 Å². The van der Waals surface area contributed by atoms with E-state index >= 15 is 0 Å². The molecular formula is C23H24. The van der Waals surface area contributed by atoms with Gasteiger partial charge in [-0.15, -0.1) is 6.58 Å². The fourth-order valence-electron chi connectivity index (χ4n) is 3.59. The largest absolute Gasteiger partial charge is 0.103 e. The highest BCUT2D eigenvalue weighted by Gasteiger charge is 2.20. The summed E-state index contributed by atoms with van der Waals surface area (Å²) < 4.78 is 0. The van der Waals surface area contributed by atoms with Gasteiger partial charge in [-0.1, -0.05) is 67.5 Å². The maximum absolute atomic E-state index is 3.93. The molecule has 0 heteroatoms. The maximum Gasteiger partial charge on any atom is 0.0286 e. The summed E-state index contributed by atoms with van der Waals surface area (Å²) in [5, 5.41) is 0. The average Bonchev–Trinajstić information content (AvgIpc) is 2.62. The number of rotatable bonds is 3. The first-order valence-electron chi connectivity index (χ1n) is 8.68. The van der Waals surface area contributed by atoms with Crippen molar-refractivity contribution >= 4 is 0 Å². The number of benzene rings is 2. The van der Waals surface area contributed by atoms with Gasteiger partial charge in [0.2, 0.25) is 0 Å². The molecule has 0 bridgehead atoms. The zero-order chi connectivity index (χ0) is 15.9. The Kier molecular flexibility index (Phi) is 5.33. The minimum absolute atomic E-state index is 0.667. The molecule has 0 N–H and O–H groups in total. The van der Waals surface area contributed by atoms with E-state index in [2.05, 4.69) is 48.8 Å². The van der Waals surface area contributed by atoms with E-state index in [9.17, 15) is 0 Å². The van der Waals surface area contributed by atoms with Crippen LogP contribution in [0.2, 0.25) is 0 Å². The van der Waals surface area contributed by atoms with Gasteiger partial charge >= 0.3 is 0 Å². The third-order valence-corrected chi connectivity index (χ3v) is 4.69. The van der Waals surface area contributed by atoms with Crippen molar-refractivity contribution in [2.75, 3.05) is 0 Å². The Balaban J connectivity index is 2.00. The van der Waals surface area contributed by atoms with Gasteiger partial charge in [-0.2, -0.15) is 0 Å². The van der Waals surface area contributed by atoms with Crippen molar-refractivity contribution < 1.29 is 0 Å². The fraction of sp³-hybridized carbons (Fsp3) is 0.304. The highest BCUT2D eigenvalue weighted by Crippen LogP contribution is 2.36. The van der Waals surface area contributed by atoms with Crippen LogP contribution in [0, 0.1) is 11.8 Å². The Labute approximate surface area is 140 Å². The molecular weight excluding hydrogens is 276 g/mol. The van der Waals surface area contributed by atoms with Crippen molar-refractivity contribution in [1.29, 1.82) is 0 Å². The SMILES string of the molecule is C=CCc1cccc(C#Cc2ccccc2)c1C1CCCCC1. The first-order valence-corrected chi connectivity index (χ1v) is 8.68. The van der Waals surface area contributed by atoms with Crippen LogP contribution in [-0.2, 0) is 6.42 Å². The molecule has 116 valence electrons. The van der Waals surface area contributed by atoms with E-state index in [-0.39, 0.29) is 0 Å². The van der Waals surface area contributed by atoms with Gasteiger partial charge in [0.1, 0.15) is 0 Å². The first-order chi connectivity index (χ1) is 11.4. The van der Waals surface area contributed by atoms with Gasteiger partial charge in [-0.25, -0.2) is 0 Å². The van der Waals surface area contributed by atoms with E-state index in [1.165, 1.54) is 48.8 Å². The van der Waals surface area contributed by atoms with E-state index in [4.69, 9.17) is 0 Å². The molecule has 0 atom stereocenters. The van der Waals surface area contributed by atoms with Crippen LogP contribution in [0.25, 0.3) is 0 Å². The zero-order valence-corrected chi connectivity index (χ0v) is 13.7. The van der Waals surface area contributed by atoms with Gasteiger partial charge < -0.3 is 0 Å². The Morgan fingerprint density at radius 3 is 2.43 bits per heavy atom. The lowest BCUT2D eigenvalue weighted by atomic mass is 9.79. The van der Waals surface area contributed by atoms with Gasteiger partial charge in [0.25, 0.3) is 0 Å². The molecule has 2 aromatic rings. The van der Waals surface area contributed by atoms with E-state index in [1.807, 2.05) is 24.3 Å². The number of hydrogen-bond donors (Lipinski definition) is 0. The highest BCUT2D eigenvalue weighted by molar-refractivity contribution is 5.51. The van der Waals surface area contributed by atoms with Crippen LogP contribution in [0.4, 0.5) is 0 Å². The van der Waals surface area contributed by atoms with Gasteiger partial charge in [-0.3, -0.25) is 0 Å². The molecule has 23 heavy (non-hydrogen) atoms. The van der Waals surface area contributed by atoms with Crippen molar-refractivity contribution in [1.82, 2.24) is 0 Å². The van der Waals surface area contributed by atoms with Crippen LogP contribution in [0.15, 0.2) is 61.2 Å². The second-order valence-corrected chi connectivity index (χ2v) is 6.32. The molecule has 0 saturated heterocycles. The first kappa shape index (κ1) is 15.6. The Hall–Kier alpha value is -2.26. The third-order valence-electron chi connectivity index (χ3n) is 4.69. The standard InChI is InChI=1S/C23H24/c1-2-10-20-15-9-16-22(18-17-19-11-5-3-6-12-19)23(20)21-13-7-4-8-14-21/h2-3,5-6,9,11-12,15-16,21H,1,4,7-8,10,13-14H2. The molecule has 0 nitrogen and oxygen atoms in total. The molecule has 0 spiro atoms.